The van der Waals surface area contributed by atoms with Crippen molar-refractivity contribution in [2.45, 2.75) is 0 Å². The summed E-state index contributed by atoms with van der Waals surface area (Å²) in [5, 5.41) is 9.04. The molecule has 4 heteroatoms. The Balaban J connectivity index is 2.29. The number of carboxylic acids is 1. The molecule has 0 fully saturated rings. The fourth-order valence-electron chi connectivity index (χ4n) is 1.90. The average Bonchev–Trinajstić information content (AvgIpc) is 2.53. The van der Waals surface area contributed by atoms with E-state index in [1.54, 1.807) is 26.4 Å². The van der Waals surface area contributed by atoms with E-state index in [1.165, 1.54) is 6.07 Å². The van der Waals surface area contributed by atoms with Gasteiger partial charge in [-0.3, -0.25) is 0 Å². The lowest BCUT2D eigenvalue weighted by molar-refractivity contribution is 0.0697. The first-order valence-electron chi connectivity index (χ1n) is 6.37. The molecule has 0 saturated carbocycles. The lowest BCUT2D eigenvalue weighted by Gasteiger charge is -2.06. The number of methoxy groups -OCH3 is 2. The van der Waals surface area contributed by atoms with Crippen LogP contribution >= 0.6 is 0 Å². The van der Waals surface area contributed by atoms with Gasteiger partial charge in [0.25, 0.3) is 0 Å². The predicted octanol–water partition coefficient (Wildman–Crippen LogP) is 3.57. The molecular formula is C17H16O4. The van der Waals surface area contributed by atoms with Crippen molar-refractivity contribution in [1.82, 2.24) is 0 Å². The number of carboxylic acid groups (broad SMARTS) is 1. The number of aromatic carboxylic acids is 1. The third-order valence-corrected chi connectivity index (χ3v) is 3.05. The van der Waals surface area contributed by atoms with Gasteiger partial charge in [0, 0.05) is 5.56 Å². The van der Waals surface area contributed by atoms with Crippen LogP contribution in [-0.4, -0.2) is 25.3 Å². The second kappa shape index (κ2) is 6.61. The Bertz CT molecular complexity index is 657. The molecule has 0 amide bonds. The van der Waals surface area contributed by atoms with Gasteiger partial charge < -0.3 is 14.6 Å². The molecule has 2 rings (SSSR count). The summed E-state index contributed by atoms with van der Waals surface area (Å²) in [6.07, 6.45) is 3.72. The highest BCUT2D eigenvalue weighted by atomic mass is 16.5. The molecule has 0 spiro atoms. The molecule has 0 saturated heterocycles. The summed E-state index contributed by atoms with van der Waals surface area (Å²) in [7, 11) is 3.17. The Hall–Kier alpha value is -2.75. The first kappa shape index (κ1) is 14.7. The molecular weight excluding hydrogens is 268 g/mol. The van der Waals surface area contributed by atoms with Crippen LogP contribution in [0.5, 0.6) is 11.5 Å². The summed E-state index contributed by atoms with van der Waals surface area (Å²) in [6.45, 7) is 0. The monoisotopic (exact) mass is 284 g/mol. The van der Waals surface area contributed by atoms with Gasteiger partial charge in [-0.05, 0) is 35.9 Å². The SMILES string of the molecule is COc1ccc(C=Cc2cc(C(=O)O)ccc2OC)cc1. The topological polar surface area (TPSA) is 55.8 Å². The van der Waals surface area contributed by atoms with Crippen LogP contribution in [0, 0.1) is 0 Å². The van der Waals surface area contributed by atoms with Gasteiger partial charge in [0.15, 0.2) is 0 Å². The lowest BCUT2D eigenvalue weighted by Crippen LogP contribution is -1.97. The summed E-state index contributed by atoms with van der Waals surface area (Å²) >= 11 is 0. The molecule has 2 aromatic rings. The van der Waals surface area contributed by atoms with Crippen molar-refractivity contribution < 1.29 is 19.4 Å². The molecule has 21 heavy (non-hydrogen) atoms. The lowest BCUT2D eigenvalue weighted by atomic mass is 10.1. The zero-order valence-electron chi connectivity index (χ0n) is 11.9. The maximum absolute atomic E-state index is 11.0. The Morgan fingerprint density at radius 2 is 1.71 bits per heavy atom. The van der Waals surface area contributed by atoms with Crippen LogP contribution in [0.15, 0.2) is 42.5 Å². The van der Waals surface area contributed by atoms with Crippen molar-refractivity contribution in [3.8, 4) is 11.5 Å². The molecule has 0 aromatic heterocycles. The molecule has 0 radical (unpaired) electrons. The smallest absolute Gasteiger partial charge is 0.335 e. The number of ether oxygens (including phenoxy) is 2. The minimum atomic E-state index is -0.961. The maximum Gasteiger partial charge on any atom is 0.335 e. The number of hydrogen-bond donors (Lipinski definition) is 1. The molecule has 0 bridgehead atoms. The second-order valence-corrected chi connectivity index (χ2v) is 4.37. The van der Waals surface area contributed by atoms with E-state index in [2.05, 4.69) is 0 Å². The van der Waals surface area contributed by atoms with E-state index in [-0.39, 0.29) is 5.56 Å². The molecule has 108 valence electrons. The average molecular weight is 284 g/mol. The first-order chi connectivity index (χ1) is 10.1. The molecule has 0 aliphatic heterocycles. The molecule has 0 atom stereocenters. The van der Waals surface area contributed by atoms with Gasteiger partial charge in [0.2, 0.25) is 0 Å². The van der Waals surface area contributed by atoms with Crippen molar-refractivity contribution >= 4 is 18.1 Å². The highest BCUT2D eigenvalue weighted by Crippen LogP contribution is 2.23. The fraction of sp³-hybridized carbons (Fsp3) is 0.118. The van der Waals surface area contributed by atoms with Gasteiger partial charge >= 0.3 is 5.97 Å². The predicted molar refractivity (Wildman–Crippen MR) is 81.9 cm³/mol. The molecule has 0 heterocycles. The number of benzene rings is 2. The Kier molecular flexibility index (Phi) is 4.61. The summed E-state index contributed by atoms with van der Waals surface area (Å²) in [4.78, 5) is 11.0. The largest absolute Gasteiger partial charge is 0.497 e. The molecule has 2 aromatic carbocycles. The normalized spacial score (nSPS) is 10.6. The van der Waals surface area contributed by atoms with Gasteiger partial charge in [-0.15, -0.1) is 0 Å². The zero-order chi connectivity index (χ0) is 15.2. The van der Waals surface area contributed by atoms with E-state index in [0.29, 0.717) is 11.3 Å². The second-order valence-electron chi connectivity index (χ2n) is 4.37. The van der Waals surface area contributed by atoms with Crippen LogP contribution < -0.4 is 9.47 Å². The molecule has 4 nitrogen and oxygen atoms in total. The van der Waals surface area contributed by atoms with E-state index in [1.807, 2.05) is 36.4 Å². The van der Waals surface area contributed by atoms with Crippen LogP contribution in [0.3, 0.4) is 0 Å². The summed E-state index contributed by atoms with van der Waals surface area (Å²) in [5.74, 6) is 0.458. The third kappa shape index (κ3) is 3.63. The molecule has 0 unspecified atom stereocenters. The van der Waals surface area contributed by atoms with Gasteiger partial charge in [0.1, 0.15) is 11.5 Å². The summed E-state index contributed by atoms with van der Waals surface area (Å²) in [5.41, 5.74) is 1.93. The van der Waals surface area contributed by atoms with Crippen LogP contribution in [0.1, 0.15) is 21.5 Å². The Morgan fingerprint density at radius 3 is 2.29 bits per heavy atom. The quantitative estimate of drug-likeness (QED) is 0.853. The van der Waals surface area contributed by atoms with Crippen LogP contribution in [0.25, 0.3) is 12.2 Å². The van der Waals surface area contributed by atoms with E-state index in [0.717, 1.165) is 11.3 Å². The third-order valence-electron chi connectivity index (χ3n) is 3.05. The van der Waals surface area contributed by atoms with E-state index < -0.39 is 5.97 Å². The molecule has 1 N–H and O–H groups in total. The minimum absolute atomic E-state index is 0.227. The van der Waals surface area contributed by atoms with Crippen molar-refractivity contribution in [3.63, 3.8) is 0 Å². The van der Waals surface area contributed by atoms with Crippen molar-refractivity contribution in [3.05, 3.63) is 59.2 Å². The fourth-order valence-corrected chi connectivity index (χ4v) is 1.90. The highest BCUT2D eigenvalue weighted by molar-refractivity contribution is 5.89. The molecule has 0 aliphatic rings. The van der Waals surface area contributed by atoms with Crippen molar-refractivity contribution in [2.75, 3.05) is 14.2 Å². The van der Waals surface area contributed by atoms with Gasteiger partial charge in [-0.1, -0.05) is 24.3 Å². The minimum Gasteiger partial charge on any atom is -0.497 e. The number of rotatable bonds is 5. The van der Waals surface area contributed by atoms with Crippen LogP contribution in [0.4, 0.5) is 0 Å². The van der Waals surface area contributed by atoms with E-state index in [4.69, 9.17) is 14.6 Å². The maximum atomic E-state index is 11.0. The highest BCUT2D eigenvalue weighted by Gasteiger charge is 2.06. The van der Waals surface area contributed by atoms with Gasteiger partial charge in [-0.2, -0.15) is 0 Å². The molecule has 0 aliphatic carbocycles. The van der Waals surface area contributed by atoms with Crippen LogP contribution in [-0.2, 0) is 0 Å². The number of hydrogen-bond acceptors (Lipinski definition) is 3. The standard InChI is InChI=1S/C17H16O4/c1-20-15-8-4-12(5-9-15)3-6-13-11-14(17(18)19)7-10-16(13)21-2/h3-11H,1-2H3,(H,18,19). The van der Waals surface area contributed by atoms with Crippen molar-refractivity contribution in [1.29, 1.82) is 0 Å². The van der Waals surface area contributed by atoms with E-state index >= 15 is 0 Å². The number of carbonyl (C=O) groups is 1. The van der Waals surface area contributed by atoms with Gasteiger partial charge in [-0.25, -0.2) is 4.79 Å². The Morgan fingerprint density at radius 1 is 1.00 bits per heavy atom. The van der Waals surface area contributed by atoms with Crippen LogP contribution in [0.2, 0.25) is 0 Å². The zero-order valence-corrected chi connectivity index (χ0v) is 11.9. The summed E-state index contributed by atoms with van der Waals surface area (Å²) in [6, 6.07) is 12.3. The van der Waals surface area contributed by atoms with Gasteiger partial charge in [0.05, 0.1) is 19.8 Å². The van der Waals surface area contributed by atoms with E-state index in [9.17, 15) is 4.79 Å². The Labute approximate surface area is 123 Å². The summed E-state index contributed by atoms with van der Waals surface area (Å²) < 4.78 is 10.3. The van der Waals surface area contributed by atoms with Crippen molar-refractivity contribution in [2.24, 2.45) is 0 Å². The first-order valence-corrected chi connectivity index (χ1v) is 6.37.